The normalized spacial score (nSPS) is 10.7. The molecule has 4 aromatic rings. The molecule has 0 radical (unpaired) electrons. The smallest absolute Gasteiger partial charge is 0.259 e. The molecule has 0 fully saturated rings. The van der Waals surface area contributed by atoms with E-state index in [9.17, 15) is 9.59 Å². The van der Waals surface area contributed by atoms with E-state index in [1.54, 1.807) is 36.4 Å². The lowest BCUT2D eigenvalue weighted by Crippen LogP contribution is -2.19. The first-order valence-corrected chi connectivity index (χ1v) is 12.1. The molecule has 0 aliphatic heterocycles. The largest absolute Gasteiger partial charge is 0.305 e. The minimum atomic E-state index is -0.645. The Kier molecular flexibility index (Phi) is 8.20. The molecule has 0 aliphatic carbocycles. The van der Waals surface area contributed by atoms with Crippen molar-refractivity contribution in [3.05, 3.63) is 95.9 Å². The van der Waals surface area contributed by atoms with Crippen molar-refractivity contribution in [3.8, 4) is 11.3 Å². The fourth-order valence-corrected chi connectivity index (χ4v) is 4.20. The van der Waals surface area contributed by atoms with Crippen LogP contribution < -0.4 is 10.6 Å². The first-order valence-electron chi connectivity index (χ1n) is 9.87. The van der Waals surface area contributed by atoms with E-state index in [-0.39, 0.29) is 58.7 Å². The summed E-state index contributed by atoms with van der Waals surface area (Å²) >= 11 is 36.9. The number of hydrogen-bond acceptors (Lipinski definition) is 5. The van der Waals surface area contributed by atoms with Crippen LogP contribution in [-0.4, -0.2) is 27.0 Å². The molecule has 1 aromatic heterocycles. The standard InChI is InChI=1S/C23H11Cl6N5O2/c24-13-7-1-4-10(16(13)27)19-20(30-21(35)11-5-2-8-14(25)17(11)28)31-23(34-33-19)32-22(36)12-6-3-9-15(26)18(12)29/h1-9H,(H2,30,31,32,34,35,36). The van der Waals surface area contributed by atoms with Gasteiger partial charge in [-0.3, -0.25) is 14.9 Å². The number of aromatic nitrogens is 3. The van der Waals surface area contributed by atoms with E-state index in [1.165, 1.54) is 18.2 Å². The molecule has 2 N–H and O–H groups in total. The molecule has 0 saturated heterocycles. The lowest BCUT2D eigenvalue weighted by Gasteiger charge is -2.13. The van der Waals surface area contributed by atoms with Crippen LogP contribution in [0.5, 0.6) is 0 Å². The number of carbonyl (C=O) groups is 2. The second-order valence-corrected chi connectivity index (χ2v) is 9.40. The predicted octanol–water partition coefficient (Wildman–Crippen LogP) is 7.96. The third kappa shape index (κ3) is 5.52. The Morgan fingerprint density at radius 3 is 1.69 bits per heavy atom. The van der Waals surface area contributed by atoms with Crippen molar-refractivity contribution in [2.45, 2.75) is 0 Å². The monoisotopic (exact) mass is 599 g/mol. The number of carbonyl (C=O) groups excluding carboxylic acids is 2. The molecular weight excluding hydrogens is 591 g/mol. The molecule has 1 heterocycles. The maximum absolute atomic E-state index is 13.0. The molecule has 0 bridgehead atoms. The Morgan fingerprint density at radius 1 is 0.611 bits per heavy atom. The number of rotatable bonds is 5. The van der Waals surface area contributed by atoms with Crippen LogP contribution in [0.3, 0.4) is 0 Å². The highest BCUT2D eigenvalue weighted by Gasteiger charge is 2.21. The SMILES string of the molecule is O=C(Nc1nnc(-c2cccc(Cl)c2Cl)c(NC(=O)c2cccc(Cl)c2Cl)n1)c1cccc(Cl)c1Cl. The van der Waals surface area contributed by atoms with Crippen LogP contribution in [0.1, 0.15) is 20.7 Å². The number of anilines is 2. The fourth-order valence-electron chi connectivity index (χ4n) is 3.04. The van der Waals surface area contributed by atoms with Gasteiger partial charge in [0.2, 0.25) is 0 Å². The second kappa shape index (κ2) is 11.2. The van der Waals surface area contributed by atoms with Crippen molar-refractivity contribution in [2.24, 2.45) is 0 Å². The zero-order valence-electron chi connectivity index (χ0n) is 17.6. The summed E-state index contributed by atoms with van der Waals surface area (Å²) < 4.78 is 0. The van der Waals surface area contributed by atoms with Crippen LogP contribution in [0.2, 0.25) is 30.1 Å². The van der Waals surface area contributed by atoms with Crippen molar-refractivity contribution in [1.29, 1.82) is 0 Å². The minimum Gasteiger partial charge on any atom is -0.305 e. The van der Waals surface area contributed by atoms with Crippen molar-refractivity contribution < 1.29 is 9.59 Å². The van der Waals surface area contributed by atoms with Gasteiger partial charge >= 0.3 is 0 Å². The molecule has 4 rings (SSSR count). The average Bonchev–Trinajstić information content (AvgIpc) is 2.84. The third-order valence-electron chi connectivity index (χ3n) is 4.74. The number of hydrogen-bond donors (Lipinski definition) is 2. The van der Waals surface area contributed by atoms with Crippen molar-refractivity contribution in [1.82, 2.24) is 15.2 Å². The summed E-state index contributed by atoms with van der Waals surface area (Å²) in [6, 6.07) is 14.0. The molecule has 7 nitrogen and oxygen atoms in total. The summed E-state index contributed by atoms with van der Waals surface area (Å²) in [4.78, 5) is 30.1. The fraction of sp³-hybridized carbons (Fsp3) is 0. The Morgan fingerprint density at radius 2 is 1.11 bits per heavy atom. The topological polar surface area (TPSA) is 96.9 Å². The van der Waals surface area contributed by atoms with Gasteiger partial charge in [-0.2, -0.15) is 4.98 Å². The number of amides is 2. The van der Waals surface area contributed by atoms with E-state index in [0.29, 0.717) is 5.56 Å². The number of benzene rings is 3. The van der Waals surface area contributed by atoms with Gasteiger partial charge in [0.1, 0.15) is 5.69 Å². The minimum absolute atomic E-state index is 0.0464. The number of nitrogens with zero attached hydrogens (tertiary/aromatic N) is 3. The van der Waals surface area contributed by atoms with Crippen LogP contribution in [0.25, 0.3) is 11.3 Å². The van der Waals surface area contributed by atoms with Gasteiger partial charge in [-0.05, 0) is 30.3 Å². The lowest BCUT2D eigenvalue weighted by atomic mass is 10.1. The van der Waals surface area contributed by atoms with Crippen molar-refractivity contribution in [3.63, 3.8) is 0 Å². The summed E-state index contributed by atoms with van der Waals surface area (Å²) in [7, 11) is 0. The van der Waals surface area contributed by atoms with Gasteiger partial charge in [0, 0.05) is 5.56 Å². The Balaban J connectivity index is 1.75. The third-order valence-corrected chi connectivity index (χ3v) is 7.20. The maximum Gasteiger partial charge on any atom is 0.259 e. The molecule has 13 heteroatoms. The van der Waals surface area contributed by atoms with E-state index in [2.05, 4.69) is 25.8 Å². The van der Waals surface area contributed by atoms with Gasteiger partial charge in [0.05, 0.1) is 41.3 Å². The van der Waals surface area contributed by atoms with Crippen LogP contribution >= 0.6 is 69.6 Å². The summed E-state index contributed by atoms with van der Waals surface area (Å²) in [5.41, 5.74) is 0.605. The molecule has 0 unspecified atom stereocenters. The van der Waals surface area contributed by atoms with Gasteiger partial charge in [-0.25, -0.2) is 0 Å². The molecule has 0 saturated carbocycles. The number of halogens is 6. The average molecular weight is 602 g/mol. The highest BCUT2D eigenvalue weighted by atomic mass is 35.5. The zero-order chi connectivity index (χ0) is 26.0. The highest BCUT2D eigenvalue weighted by Crippen LogP contribution is 2.36. The van der Waals surface area contributed by atoms with Gasteiger partial charge in [-0.15, -0.1) is 10.2 Å². The molecule has 2 amide bonds. The van der Waals surface area contributed by atoms with Crippen molar-refractivity contribution >= 4 is 93.2 Å². The molecule has 0 spiro atoms. The molecule has 182 valence electrons. The predicted molar refractivity (Wildman–Crippen MR) is 144 cm³/mol. The first-order chi connectivity index (χ1) is 17.2. The van der Waals surface area contributed by atoms with Crippen LogP contribution in [0.15, 0.2) is 54.6 Å². The Labute approximate surface area is 234 Å². The van der Waals surface area contributed by atoms with E-state index in [1.807, 2.05) is 0 Å². The van der Waals surface area contributed by atoms with Gasteiger partial charge in [0.25, 0.3) is 17.8 Å². The van der Waals surface area contributed by atoms with Gasteiger partial charge < -0.3 is 5.32 Å². The van der Waals surface area contributed by atoms with E-state index in [4.69, 9.17) is 69.6 Å². The van der Waals surface area contributed by atoms with Gasteiger partial charge in [-0.1, -0.05) is 93.9 Å². The van der Waals surface area contributed by atoms with E-state index < -0.39 is 11.8 Å². The zero-order valence-corrected chi connectivity index (χ0v) is 22.2. The van der Waals surface area contributed by atoms with Crippen LogP contribution in [0.4, 0.5) is 11.8 Å². The Bertz CT molecular complexity index is 1510. The summed E-state index contributed by atoms with van der Waals surface area (Å²) in [6.45, 7) is 0. The lowest BCUT2D eigenvalue weighted by molar-refractivity contribution is 0.101. The summed E-state index contributed by atoms with van der Waals surface area (Å²) in [5.74, 6) is -1.60. The van der Waals surface area contributed by atoms with Gasteiger partial charge in [0.15, 0.2) is 5.82 Å². The van der Waals surface area contributed by atoms with E-state index >= 15 is 0 Å². The molecule has 0 atom stereocenters. The highest BCUT2D eigenvalue weighted by molar-refractivity contribution is 6.45. The Hall–Kier alpha value is -2.65. The summed E-state index contributed by atoms with van der Waals surface area (Å²) in [6.07, 6.45) is 0. The van der Waals surface area contributed by atoms with E-state index in [0.717, 1.165) is 0 Å². The molecule has 0 aliphatic rings. The molecular formula is C23H11Cl6N5O2. The van der Waals surface area contributed by atoms with Crippen LogP contribution in [-0.2, 0) is 0 Å². The molecule has 3 aromatic carbocycles. The second-order valence-electron chi connectivity index (χ2n) is 7.05. The van der Waals surface area contributed by atoms with Crippen molar-refractivity contribution in [2.75, 3.05) is 10.6 Å². The van der Waals surface area contributed by atoms with Crippen LogP contribution in [0, 0.1) is 0 Å². The number of nitrogens with one attached hydrogen (secondary N) is 2. The quantitative estimate of drug-likeness (QED) is 0.242. The first kappa shape index (κ1) is 26.4. The molecule has 36 heavy (non-hydrogen) atoms. The maximum atomic E-state index is 13.0. The summed E-state index contributed by atoms with van der Waals surface area (Å²) in [5, 5.41) is 14.1.